The maximum Gasteiger partial charge on any atom is 0.343 e. The van der Waals surface area contributed by atoms with E-state index in [-0.39, 0.29) is 17.8 Å². The number of carbonyl (C=O) groups is 1. The molecule has 0 saturated heterocycles. The van der Waals surface area contributed by atoms with Crippen LogP contribution in [0.4, 0.5) is 0 Å². The molecule has 2 unspecified atom stereocenters. The third-order valence-corrected chi connectivity index (χ3v) is 8.44. The molecule has 0 spiro atoms. The average molecular weight is 691 g/mol. The highest BCUT2D eigenvalue weighted by molar-refractivity contribution is 5.91. The maximum absolute atomic E-state index is 12.5. The van der Waals surface area contributed by atoms with Crippen molar-refractivity contribution in [2.75, 3.05) is 20.8 Å². The first-order valence-corrected chi connectivity index (χ1v) is 18.9. The molecule has 3 aromatic rings. The van der Waals surface area contributed by atoms with E-state index in [2.05, 4.69) is 46.8 Å². The SMILES string of the molecule is CC.COc1ccc(OC(=O)c2ccc(-c3ccc(OCCCCCCCCCC(OC)OC(CCC(C)C)CC(C)(C)C)cc3)cc2)cc1. The minimum atomic E-state index is -0.395. The van der Waals surface area contributed by atoms with E-state index in [0.717, 1.165) is 55.6 Å². The van der Waals surface area contributed by atoms with Crippen LogP contribution in [0.5, 0.6) is 17.2 Å². The lowest BCUT2D eigenvalue weighted by Gasteiger charge is -2.30. The van der Waals surface area contributed by atoms with E-state index >= 15 is 0 Å². The van der Waals surface area contributed by atoms with Crippen molar-refractivity contribution in [2.24, 2.45) is 11.3 Å². The first kappa shape index (κ1) is 42.8. The van der Waals surface area contributed by atoms with Crippen LogP contribution in [0, 0.1) is 11.3 Å². The van der Waals surface area contributed by atoms with E-state index in [1.807, 2.05) is 38.1 Å². The zero-order chi connectivity index (χ0) is 36.8. The van der Waals surface area contributed by atoms with Gasteiger partial charge in [0, 0.05) is 7.11 Å². The Kier molecular flexibility index (Phi) is 20.5. The first-order valence-electron chi connectivity index (χ1n) is 18.9. The highest BCUT2D eigenvalue weighted by Crippen LogP contribution is 2.28. The summed E-state index contributed by atoms with van der Waals surface area (Å²) < 4.78 is 28.8. The Bertz CT molecular complexity index is 1290. The van der Waals surface area contributed by atoms with Crippen molar-refractivity contribution in [2.45, 2.75) is 131 Å². The highest BCUT2D eigenvalue weighted by Gasteiger charge is 2.23. The molecule has 0 heterocycles. The quantitative estimate of drug-likeness (QED) is 0.0452. The van der Waals surface area contributed by atoms with E-state index < -0.39 is 5.97 Å². The maximum atomic E-state index is 12.5. The predicted molar refractivity (Wildman–Crippen MR) is 207 cm³/mol. The van der Waals surface area contributed by atoms with Crippen molar-refractivity contribution in [3.8, 4) is 28.4 Å². The fourth-order valence-corrected chi connectivity index (χ4v) is 5.72. The third-order valence-electron chi connectivity index (χ3n) is 8.44. The Morgan fingerprint density at radius 1 is 0.640 bits per heavy atom. The molecule has 0 aliphatic carbocycles. The van der Waals surface area contributed by atoms with Crippen LogP contribution in [-0.4, -0.2) is 39.2 Å². The summed E-state index contributed by atoms with van der Waals surface area (Å²) >= 11 is 0. The number of unbranched alkanes of at least 4 members (excludes halogenated alkanes) is 6. The fourth-order valence-electron chi connectivity index (χ4n) is 5.72. The molecule has 3 aromatic carbocycles. The molecular weight excluding hydrogens is 624 g/mol. The number of esters is 1. The van der Waals surface area contributed by atoms with Crippen molar-refractivity contribution < 1.29 is 28.5 Å². The lowest BCUT2D eigenvalue weighted by molar-refractivity contribution is -0.167. The molecule has 0 bridgehead atoms. The highest BCUT2D eigenvalue weighted by atomic mass is 16.7. The summed E-state index contributed by atoms with van der Waals surface area (Å²) in [5, 5.41) is 0. The van der Waals surface area contributed by atoms with E-state index in [1.54, 1.807) is 50.6 Å². The fraction of sp³-hybridized carbons (Fsp3) is 0.568. The molecule has 278 valence electrons. The third kappa shape index (κ3) is 17.5. The van der Waals surface area contributed by atoms with E-state index in [4.69, 9.17) is 23.7 Å². The Morgan fingerprint density at radius 2 is 1.16 bits per heavy atom. The number of ether oxygens (including phenoxy) is 5. The topological polar surface area (TPSA) is 63.2 Å². The molecule has 0 amide bonds. The van der Waals surface area contributed by atoms with Crippen molar-refractivity contribution >= 4 is 5.97 Å². The van der Waals surface area contributed by atoms with Gasteiger partial charge in [-0.3, -0.25) is 0 Å². The van der Waals surface area contributed by atoms with E-state index in [9.17, 15) is 4.79 Å². The predicted octanol–water partition coefficient (Wildman–Crippen LogP) is 12.3. The van der Waals surface area contributed by atoms with Gasteiger partial charge in [0.15, 0.2) is 6.29 Å². The second kappa shape index (κ2) is 23.9. The number of carbonyl (C=O) groups excluding carboxylic acids is 1. The molecule has 6 nitrogen and oxygen atoms in total. The standard InChI is InChI=1S/C42H60O6.C2H6/c1-32(2)16-23-39(31-42(3,4)5)47-40(45-7)15-13-11-9-8-10-12-14-30-46-37-24-21-34(22-25-37)33-17-19-35(20-18-33)41(43)48-38-28-26-36(44-6)27-29-38;1-2/h17-22,24-29,32,39-40H,8-16,23,30-31H2,1-7H3;1-2H3. The molecule has 3 rings (SSSR count). The molecule has 2 atom stereocenters. The van der Waals surface area contributed by atoms with Gasteiger partial charge in [-0.2, -0.15) is 0 Å². The summed E-state index contributed by atoms with van der Waals surface area (Å²) in [6.07, 6.45) is 12.8. The lowest BCUT2D eigenvalue weighted by atomic mass is 9.87. The van der Waals surface area contributed by atoms with Crippen LogP contribution >= 0.6 is 0 Å². The zero-order valence-corrected chi connectivity index (χ0v) is 32.6. The zero-order valence-electron chi connectivity index (χ0n) is 32.6. The Labute approximate surface area is 304 Å². The van der Waals surface area contributed by atoms with Gasteiger partial charge in [0.25, 0.3) is 0 Å². The van der Waals surface area contributed by atoms with Gasteiger partial charge in [-0.25, -0.2) is 4.79 Å². The molecule has 0 fully saturated rings. The molecule has 0 N–H and O–H groups in total. The smallest absolute Gasteiger partial charge is 0.343 e. The van der Waals surface area contributed by atoms with Crippen LogP contribution in [0.25, 0.3) is 11.1 Å². The first-order chi connectivity index (χ1) is 24.1. The average Bonchev–Trinajstić information content (AvgIpc) is 3.11. The van der Waals surface area contributed by atoms with Crippen molar-refractivity contribution in [3.05, 3.63) is 78.4 Å². The monoisotopic (exact) mass is 690 g/mol. The van der Waals surface area contributed by atoms with Crippen molar-refractivity contribution in [1.29, 1.82) is 0 Å². The van der Waals surface area contributed by atoms with Gasteiger partial charge in [-0.1, -0.05) is 105 Å². The van der Waals surface area contributed by atoms with Gasteiger partial charge in [0.05, 0.1) is 25.4 Å². The molecular formula is C44H66O6. The number of hydrogen-bond acceptors (Lipinski definition) is 6. The normalized spacial score (nSPS) is 12.5. The Balaban J connectivity index is 0.00000425. The molecule has 50 heavy (non-hydrogen) atoms. The summed E-state index contributed by atoms with van der Waals surface area (Å²) in [6.45, 7) is 16.2. The molecule has 0 aliphatic heterocycles. The summed E-state index contributed by atoms with van der Waals surface area (Å²) in [7, 11) is 3.38. The van der Waals surface area contributed by atoms with Crippen LogP contribution in [0.3, 0.4) is 0 Å². The summed E-state index contributed by atoms with van der Waals surface area (Å²) in [5.41, 5.74) is 2.84. The summed E-state index contributed by atoms with van der Waals surface area (Å²) in [6, 6.07) is 22.5. The number of rotatable bonds is 22. The van der Waals surface area contributed by atoms with Gasteiger partial charge < -0.3 is 23.7 Å². The van der Waals surface area contributed by atoms with Gasteiger partial charge in [0.1, 0.15) is 17.2 Å². The van der Waals surface area contributed by atoms with Gasteiger partial charge in [0.2, 0.25) is 0 Å². The van der Waals surface area contributed by atoms with Gasteiger partial charge >= 0.3 is 5.97 Å². The molecule has 0 radical (unpaired) electrons. The van der Waals surface area contributed by atoms with Crippen molar-refractivity contribution in [1.82, 2.24) is 0 Å². The number of methoxy groups -OCH3 is 2. The van der Waals surface area contributed by atoms with Crippen LogP contribution < -0.4 is 14.2 Å². The Morgan fingerprint density at radius 3 is 1.70 bits per heavy atom. The van der Waals surface area contributed by atoms with Crippen molar-refractivity contribution in [3.63, 3.8) is 0 Å². The van der Waals surface area contributed by atoms with E-state index in [0.29, 0.717) is 23.0 Å². The number of benzene rings is 3. The largest absolute Gasteiger partial charge is 0.497 e. The minimum Gasteiger partial charge on any atom is -0.497 e. The molecule has 0 aromatic heterocycles. The lowest BCUT2D eigenvalue weighted by Crippen LogP contribution is -2.28. The second-order valence-corrected chi connectivity index (χ2v) is 14.4. The second-order valence-electron chi connectivity index (χ2n) is 14.4. The van der Waals surface area contributed by atoms with Crippen LogP contribution in [-0.2, 0) is 9.47 Å². The summed E-state index contributed by atoms with van der Waals surface area (Å²) in [5.74, 6) is 2.37. The Hall–Kier alpha value is -3.35. The van der Waals surface area contributed by atoms with Crippen LogP contribution in [0.15, 0.2) is 72.8 Å². The van der Waals surface area contributed by atoms with Crippen LogP contribution in [0.1, 0.15) is 129 Å². The molecule has 0 saturated carbocycles. The number of hydrogen-bond donors (Lipinski definition) is 0. The van der Waals surface area contributed by atoms with E-state index in [1.165, 1.54) is 38.5 Å². The molecule has 6 heteroatoms. The van der Waals surface area contributed by atoms with Crippen LogP contribution in [0.2, 0.25) is 0 Å². The van der Waals surface area contributed by atoms with Gasteiger partial charge in [-0.15, -0.1) is 0 Å². The summed E-state index contributed by atoms with van der Waals surface area (Å²) in [4.78, 5) is 12.5. The van der Waals surface area contributed by atoms with Gasteiger partial charge in [-0.05, 0) is 110 Å². The minimum absolute atomic E-state index is 0.0988. The molecule has 0 aliphatic rings.